The molecule has 0 bridgehead atoms. The number of amides is 1. The number of hydrogen-bond donors (Lipinski definition) is 1. The van der Waals surface area contributed by atoms with Crippen LogP contribution in [0.3, 0.4) is 0 Å². The Morgan fingerprint density at radius 2 is 2.00 bits per heavy atom. The molecule has 4 rings (SSSR count). The van der Waals surface area contributed by atoms with Crippen LogP contribution in [0, 0.1) is 0 Å². The number of aryl methyl sites for hydroxylation is 2. The van der Waals surface area contributed by atoms with Gasteiger partial charge in [-0.2, -0.15) is 5.10 Å². The molecule has 0 saturated carbocycles. The zero-order chi connectivity index (χ0) is 20.2. The van der Waals surface area contributed by atoms with E-state index in [4.69, 9.17) is 4.74 Å². The zero-order valence-corrected chi connectivity index (χ0v) is 16.6. The van der Waals surface area contributed by atoms with Crippen molar-refractivity contribution in [1.29, 1.82) is 0 Å². The molecule has 1 heterocycles. The van der Waals surface area contributed by atoms with Crippen LogP contribution in [0.5, 0.6) is 5.75 Å². The van der Waals surface area contributed by atoms with Gasteiger partial charge in [-0.25, -0.2) is 4.68 Å². The Bertz CT molecular complexity index is 1100. The standard InChI is InChI=1S/C23H25N3O3/c1-2-29-20-12-11-16-7-3-5-9-18(16)22(20)23(28)24-13-14-26-21(27)15-17-8-4-6-10-19(17)25-26/h3,5,7,9,11-12,15H,2,4,6,8,10,13-14H2,1H3,(H,24,28). The van der Waals surface area contributed by atoms with Gasteiger partial charge in [0.1, 0.15) is 5.75 Å². The molecule has 150 valence electrons. The highest BCUT2D eigenvalue weighted by molar-refractivity contribution is 6.09. The predicted molar refractivity (Wildman–Crippen MR) is 113 cm³/mol. The minimum absolute atomic E-state index is 0.111. The number of ether oxygens (including phenoxy) is 1. The van der Waals surface area contributed by atoms with Crippen molar-refractivity contribution >= 4 is 16.7 Å². The molecule has 0 atom stereocenters. The number of carbonyl (C=O) groups is 1. The van der Waals surface area contributed by atoms with Crippen molar-refractivity contribution in [1.82, 2.24) is 15.1 Å². The first-order chi connectivity index (χ1) is 14.2. The van der Waals surface area contributed by atoms with Crippen LogP contribution in [0.1, 0.15) is 41.4 Å². The normalized spacial score (nSPS) is 13.1. The topological polar surface area (TPSA) is 73.2 Å². The van der Waals surface area contributed by atoms with Crippen LogP contribution in [0.2, 0.25) is 0 Å². The second-order valence-electron chi connectivity index (χ2n) is 7.23. The summed E-state index contributed by atoms with van der Waals surface area (Å²) in [6, 6.07) is 13.2. The van der Waals surface area contributed by atoms with Crippen molar-refractivity contribution in [3.8, 4) is 5.75 Å². The highest BCUT2D eigenvalue weighted by atomic mass is 16.5. The van der Waals surface area contributed by atoms with Crippen molar-refractivity contribution in [2.24, 2.45) is 0 Å². The Labute approximate surface area is 169 Å². The van der Waals surface area contributed by atoms with Crippen LogP contribution in [-0.2, 0) is 19.4 Å². The van der Waals surface area contributed by atoms with Gasteiger partial charge in [0.2, 0.25) is 0 Å². The fraction of sp³-hybridized carbons (Fsp3) is 0.348. The van der Waals surface area contributed by atoms with Crippen LogP contribution in [0.4, 0.5) is 0 Å². The summed E-state index contributed by atoms with van der Waals surface area (Å²) in [6.45, 7) is 3.03. The van der Waals surface area contributed by atoms with Crippen molar-refractivity contribution < 1.29 is 9.53 Å². The third kappa shape index (κ3) is 4.01. The fourth-order valence-electron chi connectivity index (χ4n) is 3.89. The summed E-state index contributed by atoms with van der Waals surface area (Å²) in [5.41, 5.74) is 2.49. The Morgan fingerprint density at radius 1 is 1.17 bits per heavy atom. The van der Waals surface area contributed by atoms with Crippen molar-refractivity contribution in [2.45, 2.75) is 39.2 Å². The van der Waals surface area contributed by atoms with Gasteiger partial charge in [0.05, 0.1) is 24.4 Å². The van der Waals surface area contributed by atoms with Crippen LogP contribution >= 0.6 is 0 Å². The Balaban J connectivity index is 1.52. The Morgan fingerprint density at radius 3 is 2.86 bits per heavy atom. The molecule has 1 amide bonds. The largest absolute Gasteiger partial charge is 0.493 e. The molecular formula is C23H25N3O3. The zero-order valence-electron chi connectivity index (χ0n) is 16.6. The predicted octanol–water partition coefficient (Wildman–Crippen LogP) is 3.10. The minimum Gasteiger partial charge on any atom is -0.493 e. The summed E-state index contributed by atoms with van der Waals surface area (Å²) in [5.74, 6) is 0.351. The first-order valence-corrected chi connectivity index (χ1v) is 10.2. The van der Waals surface area contributed by atoms with Crippen molar-refractivity contribution in [3.05, 3.63) is 69.6 Å². The third-order valence-electron chi connectivity index (χ3n) is 5.30. The number of fused-ring (bicyclic) bond motifs is 2. The summed E-state index contributed by atoms with van der Waals surface area (Å²) in [5, 5.41) is 9.26. The summed E-state index contributed by atoms with van der Waals surface area (Å²) >= 11 is 0. The van der Waals surface area contributed by atoms with Gasteiger partial charge in [0.15, 0.2) is 0 Å². The van der Waals surface area contributed by atoms with Crippen LogP contribution in [-0.4, -0.2) is 28.8 Å². The van der Waals surface area contributed by atoms with Crippen molar-refractivity contribution in [2.75, 3.05) is 13.2 Å². The van der Waals surface area contributed by atoms with E-state index in [2.05, 4.69) is 10.4 Å². The lowest BCUT2D eigenvalue weighted by molar-refractivity contribution is 0.0949. The van der Waals surface area contributed by atoms with E-state index in [0.717, 1.165) is 47.7 Å². The molecule has 2 aromatic carbocycles. The van der Waals surface area contributed by atoms with Gasteiger partial charge in [0.25, 0.3) is 11.5 Å². The molecule has 0 spiro atoms. The highest BCUT2D eigenvalue weighted by Crippen LogP contribution is 2.28. The molecule has 0 unspecified atom stereocenters. The molecular weight excluding hydrogens is 366 g/mol. The third-order valence-corrected chi connectivity index (χ3v) is 5.30. The van der Waals surface area contributed by atoms with E-state index < -0.39 is 0 Å². The summed E-state index contributed by atoms with van der Waals surface area (Å²) < 4.78 is 7.14. The molecule has 6 nitrogen and oxygen atoms in total. The molecule has 0 radical (unpaired) electrons. The van der Waals surface area contributed by atoms with Gasteiger partial charge in [0, 0.05) is 12.6 Å². The van der Waals surface area contributed by atoms with E-state index in [0.29, 0.717) is 31.0 Å². The Hall–Kier alpha value is -3.15. The van der Waals surface area contributed by atoms with Gasteiger partial charge in [-0.05, 0) is 55.0 Å². The summed E-state index contributed by atoms with van der Waals surface area (Å²) in [4.78, 5) is 25.3. The monoisotopic (exact) mass is 391 g/mol. The molecule has 1 aliphatic carbocycles. The van der Waals surface area contributed by atoms with E-state index in [-0.39, 0.29) is 11.5 Å². The van der Waals surface area contributed by atoms with Crippen LogP contribution in [0.25, 0.3) is 10.8 Å². The molecule has 1 aromatic heterocycles. The SMILES string of the molecule is CCOc1ccc2ccccc2c1C(=O)NCCn1nc2c(cc1=O)CCCC2. The number of aromatic nitrogens is 2. The molecule has 0 aliphatic heterocycles. The average Bonchev–Trinajstić information content (AvgIpc) is 2.74. The van der Waals surface area contributed by atoms with E-state index in [1.807, 2.05) is 43.3 Å². The van der Waals surface area contributed by atoms with Gasteiger partial charge < -0.3 is 10.1 Å². The Kier molecular flexibility index (Phi) is 5.60. The number of nitrogens with zero attached hydrogens (tertiary/aromatic N) is 2. The number of hydrogen-bond acceptors (Lipinski definition) is 4. The molecule has 1 aliphatic rings. The first-order valence-electron chi connectivity index (χ1n) is 10.2. The maximum Gasteiger partial charge on any atom is 0.267 e. The first kappa shape index (κ1) is 19.2. The maximum atomic E-state index is 13.0. The lowest BCUT2D eigenvalue weighted by atomic mass is 9.97. The molecule has 3 aromatic rings. The van der Waals surface area contributed by atoms with Crippen LogP contribution in [0.15, 0.2) is 47.3 Å². The minimum atomic E-state index is -0.212. The van der Waals surface area contributed by atoms with E-state index in [1.165, 1.54) is 4.68 Å². The van der Waals surface area contributed by atoms with Gasteiger partial charge in [-0.3, -0.25) is 9.59 Å². The van der Waals surface area contributed by atoms with Gasteiger partial charge in [-0.1, -0.05) is 30.3 Å². The average molecular weight is 391 g/mol. The fourth-order valence-corrected chi connectivity index (χ4v) is 3.89. The molecule has 6 heteroatoms. The van der Waals surface area contributed by atoms with Crippen molar-refractivity contribution in [3.63, 3.8) is 0 Å². The number of nitrogens with one attached hydrogen (secondary N) is 1. The maximum absolute atomic E-state index is 13.0. The summed E-state index contributed by atoms with van der Waals surface area (Å²) in [6.07, 6.45) is 4.06. The highest BCUT2D eigenvalue weighted by Gasteiger charge is 2.17. The second kappa shape index (κ2) is 8.47. The van der Waals surface area contributed by atoms with E-state index in [1.54, 1.807) is 6.07 Å². The molecule has 0 fully saturated rings. The number of rotatable bonds is 6. The molecule has 1 N–H and O–H groups in total. The summed E-state index contributed by atoms with van der Waals surface area (Å²) in [7, 11) is 0. The number of carbonyl (C=O) groups excluding carboxylic acids is 1. The second-order valence-corrected chi connectivity index (χ2v) is 7.23. The molecule has 29 heavy (non-hydrogen) atoms. The van der Waals surface area contributed by atoms with E-state index >= 15 is 0 Å². The van der Waals surface area contributed by atoms with E-state index in [9.17, 15) is 9.59 Å². The quantitative estimate of drug-likeness (QED) is 0.701. The van der Waals surface area contributed by atoms with Crippen LogP contribution < -0.4 is 15.6 Å². The number of benzene rings is 2. The van der Waals surface area contributed by atoms with Gasteiger partial charge in [-0.15, -0.1) is 0 Å². The molecule has 0 saturated heterocycles. The smallest absolute Gasteiger partial charge is 0.267 e. The lowest BCUT2D eigenvalue weighted by Crippen LogP contribution is -2.33. The van der Waals surface area contributed by atoms with Gasteiger partial charge >= 0.3 is 0 Å². The lowest BCUT2D eigenvalue weighted by Gasteiger charge is -2.16.